The van der Waals surface area contributed by atoms with Gasteiger partial charge >= 0.3 is 6.16 Å². The van der Waals surface area contributed by atoms with Gasteiger partial charge in [0.15, 0.2) is 5.78 Å². The van der Waals surface area contributed by atoms with Crippen LogP contribution in [0.4, 0.5) is 4.79 Å². The summed E-state index contributed by atoms with van der Waals surface area (Å²) in [6.07, 6.45) is -0.167. The number of nitrogens with one attached hydrogen (secondary N) is 1. The summed E-state index contributed by atoms with van der Waals surface area (Å²) in [5.74, 6) is 0.122. The molecular formula is C19H26N2O4. The molecule has 0 aliphatic carbocycles. The highest BCUT2D eigenvalue weighted by atomic mass is 16.7. The van der Waals surface area contributed by atoms with Gasteiger partial charge < -0.3 is 14.8 Å². The molecule has 1 aromatic rings. The summed E-state index contributed by atoms with van der Waals surface area (Å²) in [4.78, 5) is 26.7. The lowest BCUT2D eigenvalue weighted by Gasteiger charge is -2.41. The molecule has 0 spiro atoms. The van der Waals surface area contributed by atoms with E-state index in [1.807, 2.05) is 45.0 Å². The zero-order valence-electron chi connectivity index (χ0n) is 15.1. The van der Waals surface area contributed by atoms with Crippen LogP contribution in [0, 0.1) is 0 Å². The average Bonchev–Trinajstić information content (AvgIpc) is 2.53. The van der Waals surface area contributed by atoms with Gasteiger partial charge in [-0.2, -0.15) is 0 Å². The van der Waals surface area contributed by atoms with E-state index in [0.29, 0.717) is 19.6 Å². The van der Waals surface area contributed by atoms with Gasteiger partial charge in [0, 0.05) is 18.7 Å². The van der Waals surface area contributed by atoms with Crippen LogP contribution in [0.15, 0.2) is 24.3 Å². The standard InChI is InChI=1S/C19H26N2O4/c1-19(2,3)25-18(23)24-17-10-20-9-8-15(17)21-11-13-6-4-5-7-14(13)16(22)12-21/h4-7,15,17,20H,8-12H2,1-3H3/t15-,17-/m1/s1. The number of fused-ring (bicyclic) bond motifs is 1. The summed E-state index contributed by atoms with van der Waals surface area (Å²) >= 11 is 0. The van der Waals surface area contributed by atoms with Crippen molar-refractivity contribution in [3.8, 4) is 0 Å². The second-order valence-corrected chi connectivity index (χ2v) is 7.67. The topological polar surface area (TPSA) is 67.9 Å². The van der Waals surface area contributed by atoms with E-state index in [1.54, 1.807) is 0 Å². The van der Waals surface area contributed by atoms with E-state index in [9.17, 15) is 9.59 Å². The zero-order chi connectivity index (χ0) is 18.0. The summed E-state index contributed by atoms with van der Waals surface area (Å²) in [7, 11) is 0. The van der Waals surface area contributed by atoms with Crippen LogP contribution in [0.25, 0.3) is 0 Å². The van der Waals surface area contributed by atoms with Crippen LogP contribution < -0.4 is 5.32 Å². The van der Waals surface area contributed by atoms with E-state index < -0.39 is 11.8 Å². The third-order valence-electron chi connectivity index (χ3n) is 4.54. The van der Waals surface area contributed by atoms with Gasteiger partial charge in [-0.15, -0.1) is 0 Å². The molecule has 0 saturated carbocycles. The van der Waals surface area contributed by atoms with Gasteiger partial charge in [0.2, 0.25) is 0 Å². The Kier molecular flexibility index (Phi) is 5.11. The molecule has 1 saturated heterocycles. The van der Waals surface area contributed by atoms with Crippen molar-refractivity contribution in [2.45, 2.75) is 51.5 Å². The fourth-order valence-electron chi connectivity index (χ4n) is 3.46. The van der Waals surface area contributed by atoms with E-state index >= 15 is 0 Å². The normalized spacial score (nSPS) is 24.5. The molecule has 0 radical (unpaired) electrons. The Hall–Kier alpha value is -1.92. The van der Waals surface area contributed by atoms with E-state index in [1.165, 1.54) is 0 Å². The van der Waals surface area contributed by atoms with E-state index in [2.05, 4.69) is 10.2 Å². The number of nitrogens with zero attached hydrogens (tertiary/aromatic N) is 1. The Morgan fingerprint density at radius 2 is 2.00 bits per heavy atom. The number of piperidine rings is 1. The number of hydrogen-bond acceptors (Lipinski definition) is 6. The molecule has 2 heterocycles. The molecule has 0 amide bonds. The average molecular weight is 346 g/mol. The molecule has 6 nitrogen and oxygen atoms in total. The molecule has 1 fully saturated rings. The maximum Gasteiger partial charge on any atom is 0.509 e. The lowest BCUT2D eigenvalue weighted by Crippen LogP contribution is -2.56. The summed E-state index contributed by atoms with van der Waals surface area (Å²) < 4.78 is 10.9. The number of ether oxygens (including phenoxy) is 2. The van der Waals surface area contributed by atoms with Gasteiger partial charge in [0.25, 0.3) is 0 Å². The lowest BCUT2D eigenvalue weighted by atomic mass is 9.94. The Morgan fingerprint density at radius 1 is 1.24 bits per heavy atom. The zero-order valence-corrected chi connectivity index (χ0v) is 15.1. The number of rotatable bonds is 2. The fraction of sp³-hybridized carbons (Fsp3) is 0.579. The molecule has 0 bridgehead atoms. The minimum absolute atomic E-state index is 0.00562. The Labute approximate surface area is 148 Å². The Balaban J connectivity index is 1.71. The molecule has 2 aliphatic rings. The first-order chi connectivity index (χ1) is 11.8. The van der Waals surface area contributed by atoms with Gasteiger partial charge in [-0.1, -0.05) is 24.3 Å². The van der Waals surface area contributed by atoms with Crippen molar-refractivity contribution >= 4 is 11.9 Å². The summed E-state index contributed by atoms with van der Waals surface area (Å²) in [6.45, 7) is 7.89. The van der Waals surface area contributed by atoms with E-state index in [-0.39, 0.29) is 17.9 Å². The molecule has 2 atom stereocenters. The largest absolute Gasteiger partial charge is 0.509 e. The SMILES string of the molecule is CC(C)(C)OC(=O)O[C@@H]1CNCC[C@H]1N1CC(=O)c2ccccc2C1. The van der Waals surface area contributed by atoms with Gasteiger partial charge in [0.1, 0.15) is 11.7 Å². The third kappa shape index (κ3) is 4.38. The van der Waals surface area contributed by atoms with Crippen molar-refractivity contribution in [2.75, 3.05) is 19.6 Å². The molecular weight excluding hydrogens is 320 g/mol. The van der Waals surface area contributed by atoms with Crippen molar-refractivity contribution in [1.82, 2.24) is 10.2 Å². The Bertz CT molecular complexity index is 653. The number of Topliss-reactive ketones (excluding diaryl/α,β-unsaturated/α-hetero) is 1. The Morgan fingerprint density at radius 3 is 2.76 bits per heavy atom. The van der Waals surface area contributed by atoms with Gasteiger partial charge in [-0.25, -0.2) is 4.79 Å². The molecule has 25 heavy (non-hydrogen) atoms. The van der Waals surface area contributed by atoms with Crippen molar-refractivity contribution in [3.05, 3.63) is 35.4 Å². The van der Waals surface area contributed by atoms with Gasteiger partial charge in [-0.3, -0.25) is 9.69 Å². The van der Waals surface area contributed by atoms with Gasteiger partial charge in [0.05, 0.1) is 12.6 Å². The molecule has 6 heteroatoms. The van der Waals surface area contributed by atoms with Crippen LogP contribution in [0.5, 0.6) is 0 Å². The van der Waals surface area contributed by atoms with Crippen molar-refractivity contribution in [2.24, 2.45) is 0 Å². The van der Waals surface area contributed by atoms with E-state index in [4.69, 9.17) is 9.47 Å². The van der Waals surface area contributed by atoms with Crippen LogP contribution in [0.3, 0.4) is 0 Å². The molecule has 0 unspecified atom stereocenters. The summed E-state index contributed by atoms with van der Waals surface area (Å²) in [5, 5.41) is 3.26. The highest BCUT2D eigenvalue weighted by molar-refractivity contribution is 5.99. The van der Waals surface area contributed by atoms with Crippen molar-refractivity contribution in [1.29, 1.82) is 0 Å². The minimum Gasteiger partial charge on any atom is -0.429 e. The fourth-order valence-corrected chi connectivity index (χ4v) is 3.46. The molecule has 1 aromatic carbocycles. The smallest absolute Gasteiger partial charge is 0.429 e. The van der Waals surface area contributed by atoms with Crippen LogP contribution >= 0.6 is 0 Å². The monoisotopic (exact) mass is 346 g/mol. The number of carbonyl (C=O) groups is 2. The highest BCUT2D eigenvalue weighted by Gasteiger charge is 2.37. The number of carbonyl (C=O) groups excluding carboxylic acids is 2. The first kappa shape index (κ1) is 17.9. The van der Waals surface area contributed by atoms with Gasteiger partial charge in [-0.05, 0) is 39.3 Å². The molecule has 3 rings (SSSR count). The number of benzene rings is 1. The predicted octanol–water partition coefficient (Wildman–Crippen LogP) is 2.37. The van der Waals surface area contributed by atoms with E-state index in [0.717, 1.165) is 24.1 Å². The molecule has 0 aromatic heterocycles. The maximum atomic E-state index is 12.5. The van der Waals surface area contributed by atoms with Crippen molar-refractivity contribution < 1.29 is 19.1 Å². The minimum atomic E-state index is -0.657. The summed E-state index contributed by atoms with van der Waals surface area (Å²) in [6, 6.07) is 7.72. The molecule has 1 N–H and O–H groups in total. The van der Waals surface area contributed by atoms with Crippen LogP contribution in [-0.4, -0.2) is 54.2 Å². The highest BCUT2D eigenvalue weighted by Crippen LogP contribution is 2.25. The second-order valence-electron chi connectivity index (χ2n) is 7.67. The molecule has 2 aliphatic heterocycles. The lowest BCUT2D eigenvalue weighted by molar-refractivity contribution is -0.0546. The second kappa shape index (κ2) is 7.14. The predicted molar refractivity (Wildman–Crippen MR) is 93.6 cm³/mol. The maximum absolute atomic E-state index is 12.5. The first-order valence-corrected chi connectivity index (χ1v) is 8.79. The number of ketones is 1. The third-order valence-corrected chi connectivity index (χ3v) is 4.54. The van der Waals surface area contributed by atoms with Crippen LogP contribution in [-0.2, 0) is 16.0 Å². The quantitative estimate of drug-likeness (QED) is 0.829. The van der Waals surface area contributed by atoms with Crippen LogP contribution in [0.2, 0.25) is 0 Å². The first-order valence-electron chi connectivity index (χ1n) is 8.79. The van der Waals surface area contributed by atoms with Crippen molar-refractivity contribution in [3.63, 3.8) is 0 Å². The number of hydrogen-bond donors (Lipinski definition) is 1. The molecule has 136 valence electrons. The summed E-state index contributed by atoms with van der Waals surface area (Å²) in [5.41, 5.74) is 1.25. The van der Waals surface area contributed by atoms with Crippen LogP contribution in [0.1, 0.15) is 43.1 Å².